The van der Waals surface area contributed by atoms with Gasteiger partial charge in [0.25, 0.3) is 5.91 Å². The molecule has 1 aromatic heterocycles. The molecule has 2 fully saturated rings. The van der Waals surface area contributed by atoms with Gasteiger partial charge in [-0.2, -0.15) is 18.2 Å². The number of alkyl halides is 3. The van der Waals surface area contributed by atoms with Crippen LogP contribution in [0.4, 0.5) is 41.1 Å². The number of nitrogens with one attached hydrogen (secondary N) is 1. The van der Waals surface area contributed by atoms with Crippen molar-refractivity contribution < 1.29 is 37.5 Å². The van der Waals surface area contributed by atoms with Gasteiger partial charge in [0.1, 0.15) is 17.3 Å². The van der Waals surface area contributed by atoms with Crippen molar-refractivity contribution in [1.29, 1.82) is 0 Å². The maximum absolute atomic E-state index is 13.6. The molecule has 2 aromatic rings. The van der Waals surface area contributed by atoms with E-state index in [1.807, 2.05) is 20.8 Å². The highest BCUT2D eigenvalue weighted by molar-refractivity contribution is 6.23. The number of aliphatic carboxylic acids is 1. The molecule has 2 N–H and O–H groups in total. The second-order valence-electron chi connectivity index (χ2n) is 11.3. The van der Waals surface area contributed by atoms with E-state index in [-0.39, 0.29) is 42.4 Å². The Balaban J connectivity index is 1.62. The minimum absolute atomic E-state index is 0.133. The molecule has 4 rings (SSSR count). The lowest BCUT2D eigenvalue weighted by Crippen LogP contribution is -2.50. The number of anilines is 4. The van der Waals surface area contributed by atoms with Crippen LogP contribution in [-0.4, -0.2) is 87.7 Å². The number of likely N-dealkylation sites (N-methyl/N-ethyl adjacent to an activating group) is 1. The lowest BCUT2D eigenvalue weighted by Gasteiger charge is -2.37. The SMILES string of the molecule is CCN(CC)c1ncc(N(CC)C(=O)C(F)(F)F)c(N[C@@H](Cc2ccc(N3C(=O)N(CC)C4(CCCCC4)C3=O)cc2)C(=O)O)n1. The number of carbonyl (C=O) groups excluding carboxylic acids is 3. The second kappa shape index (κ2) is 13.9. The zero-order chi connectivity index (χ0) is 33.8. The van der Waals surface area contributed by atoms with Gasteiger partial charge in [0.05, 0.1) is 11.9 Å². The number of halogens is 3. The number of carbonyl (C=O) groups is 4. The lowest BCUT2D eigenvalue weighted by molar-refractivity contribution is -0.170. The zero-order valence-electron chi connectivity index (χ0n) is 26.4. The summed E-state index contributed by atoms with van der Waals surface area (Å²) in [6.45, 7) is 7.85. The fraction of sp³-hybridized carbons (Fsp3) is 0.548. The molecule has 1 aliphatic heterocycles. The Morgan fingerprint density at radius 1 is 1.02 bits per heavy atom. The van der Waals surface area contributed by atoms with Gasteiger partial charge in [-0.1, -0.05) is 31.4 Å². The molecule has 4 amide bonds. The topological polar surface area (TPSA) is 139 Å². The summed E-state index contributed by atoms with van der Waals surface area (Å²) in [5.41, 5.74) is -0.280. The minimum Gasteiger partial charge on any atom is -0.480 e. The van der Waals surface area contributed by atoms with E-state index in [2.05, 4.69) is 15.3 Å². The maximum atomic E-state index is 13.6. The van der Waals surface area contributed by atoms with Gasteiger partial charge in [-0.3, -0.25) is 9.59 Å². The highest BCUT2D eigenvalue weighted by Gasteiger charge is 2.57. The number of amides is 4. The molecular weight excluding hydrogens is 607 g/mol. The standard InChI is InChI=1S/C31H40F3N7O5/c1-5-38(6-2)28-35-19-23(39(7-3)27(45)31(32,33)34)24(37-28)36-22(25(42)43)18-20-12-14-21(15-13-20)41-26(44)30(16-10-9-11-17-30)40(8-4)29(41)46/h12-15,19,22H,5-11,16-18H2,1-4H3,(H,42,43)(H,35,36,37)/t22-/m0/s1. The fourth-order valence-electron chi connectivity index (χ4n) is 6.29. The van der Waals surface area contributed by atoms with E-state index in [4.69, 9.17) is 0 Å². The number of aromatic nitrogens is 2. The highest BCUT2D eigenvalue weighted by Crippen LogP contribution is 2.42. The van der Waals surface area contributed by atoms with Gasteiger partial charge >= 0.3 is 24.1 Å². The first-order chi connectivity index (χ1) is 21.8. The summed E-state index contributed by atoms with van der Waals surface area (Å²) in [4.78, 5) is 65.1. The highest BCUT2D eigenvalue weighted by atomic mass is 19.4. The molecule has 1 atom stereocenters. The van der Waals surface area contributed by atoms with E-state index in [9.17, 15) is 37.5 Å². The summed E-state index contributed by atoms with van der Waals surface area (Å²) in [5.74, 6) is -3.80. The average molecular weight is 648 g/mol. The van der Waals surface area contributed by atoms with Crippen LogP contribution in [0.1, 0.15) is 65.4 Å². The molecule has 0 unspecified atom stereocenters. The Bertz CT molecular complexity index is 1440. The summed E-state index contributed by atoms with van der Waals surface area (Å²) < 4.78 is 40.3. The Labute approximate surface area is 265 Å². The summed E-state index contributed by atoms with van der Waals surface area (Å²) in [6, 6.07) is 4.60. The van der Waals surface area contributed by atoms with Gasteiger partial charge in [-0.15, -0.1) is 0 Å². The maximum Gasteiger partial charge on any atom is 0.471 e. The van der Waals surface area contributed by atoms with Gasteiger partial charge < -0.3 is 25.1 Å². The Hall–Kier alpha value is -4.43. The first-order valence-corrected chi connectivity index (χ1v) is 15.6. The van der Waals surface area contributed by atoms with Crippen LogP contribution in [0.3, 0.4) is 0 Å². The molecule has 46 heavy (non-hydrogen) atoms. The van der Waals surface area contributed by atoms with Gasteiger partial charge in [0, 0.05) is 32.6 Å². The molecular formula is C31H40F3N7O5. The first kappa shape index (κ1) is 34.4. The van der Waals surface area contributed by atoms with Crippen LogP contribution in [-0.2, 0) is 20.8 Å². The van der Waals surface area contributed by atoms with E-state index in [0.717, 1.165) is 25.5 Å². The molecule has 1 aromatic carbocycles. The number of hydrogen-bond acceptors (Lipinski definition) is 8. The van der Waals surface area contributed by atoms with Gasteiger partial charge in [0.15, 0.2) is 5.82 Å². The van der Waals surface area contributed by atoms with Crippen molar-refractivity contribution in [3.05, 3.63) is 36.0 Å². The number of rotatable bonds is 12. The number of imide groups is 1. The Morgan fingerprint density at radius 3 is 2.17 bits per heavy atom. The molecule has 1 saturated heterocycles. The third-order valence-electron chi connectivity index (χ3n) is 8.68. The van der Waals surface area contributed by atoms with Gasteiger partial charge in [0.2, 0.25) is 5.95 Å². The number of carboxylic acids is 1. The number of hydrogen-bond donors (Lipinski definition) is 2. The van der Waals surface area contributed by atoms with Crippen molar-refractivity contribution in [2.24, 2.45) is 0 Å². The van der Waals surface area contributed by atoms with E-state index < -0.39 is 29.6 Å². The quantitative estimate of drug-likeness (QED) is 0.310. The molecule has 15 heteroatoms. The van der Waals surface area contributed by atoms with Crippen LogP contribution >= 0.6 is 0 Å². The Morgan fingerprint density at radius 2 is 1.65 bits per heavy atom. The van der Waals surface area contributed by atoms with Crippen LogP contribution in [0.2, 0.25) is 0 Å². The van der Waals surface area contributed by atoms with E-state index >= 15 is 0 Å². The van der Waals surface area contributed by atoms with E-state index in [1.165, 1.54) is 11.8 Å². The number of carboxylic acid groups (broad SMARTS) is 1. The van der Waals surface area contributed by atoms with Crippen molar-refractivity contribution >= 4 is 47.0 Å². The zero-order valence-corrected chi connectivity index (χ0v) is 26.4. The summed E-state index contributed by atoms with van der Waals surface area (Å²) in [6.07, 6.45) is -0.293. The largest absolute Gasteiger partial charge is 0.480 e. The predicted octanol–water partition coefficient (Wildman–Crippen LogP) is 4.84. The normalized spacial score (nSPS) is 16.9. The predicted molar refractivity (Wildman–Crippen MR) is 166 cm³/mol. The first-order valence-electron chi connectivity index (χ1n) is 15.6. The fourth-order valence-corrected chi connectivity index (χ4v) is 6.29. The van der Waals surface area contributed by atoms with Gasteiger partial charge in [-0.25, -0.2) is 19.5 Å². The third-order valence-corrected chi connectivity index (χ3v) is 8.68. The molecule has 0 radical (unpaired) electrons. The van der Waals surface area contributed by atoms with E-state index in [1.54, 1.807) is 34.1 Å². The third kappa shape index (κ3) is 6.58. The van der Waals surface area contributed by atoms with Crippen LogP contribution in [0.5, 0.6) is 0 Å². The number of benzene rings is 1. The van der Waals surface area contributed by atoms with Crippen molar-refractivity contribution in [3.8, 4) is 0 Å². The molecule has 1 spiro atoms. The van der Waals surface area contributed by atoms with Gasteiger partial charge in [-0.05, 0) is 58.2 Å². The molecule has 0 bridgehead atoms. The van der Waals surface area contributed by atoms with Crippen LogP contribution < -0.4 is 20.0 Å². The molecule has 2 heterocycles. The second-order valence-corrected chi connectivity index (χ2v) is 11.3. The van der Waals surface area contributed by atoms with E-state index in [0.29, 0.717) is 48.6 Å². The van der Waals surface area contributed by atoms with Crippen LogP contribution in [0.15, 0.2) is 30.5 Å². The number of nitrogens with zero attached hydrogens (tertiary/aromatic N) is 6. The molecule has 12 nitrogen and oxygen atoms in total. The lowest BCUT2D eigenvalue weighted by atomic mass is 9.80. The van der Waals surface area contributed by atoms with Crippen molar-refractivity contribution in [3.63, 3.8) is 0 Å². The summed E-state index contributed by atoms with van der Waals surface area (Å²) >= 11 is 0. The van der Waals surface area contributed by atoms with Crippen LogP contribution in [0, 0.1) is 0 Å². The average Bonchev–Trinajstić information content (AvgIpc) is 3.22. The number of urea groups is 1. The monoisotopic (exact) mass is 647 g/mol. The minimum atomic E-state index is -5.18. The molecule has 2 aliphatic rings. The smallest absolute Gasteiger partial charge is 0.471 e. The molecule has 1 saturated carbocycles. The van der Waals surface area contributed by atoms with Crippen molar-refractivity contribution in [2.45, 2.75) is 84.0 Å². The molecule has 1 aliphatic carbocycles. The summed E-state index contributed by atoms with van der Waals surface area (Å²) in [5, 5.41) is 12.8. The Kier molecular flexibility index (Phi) is 10.4. The summed E-state index contributed by atoms with van der Waals surface area (Å²) in [7, 11) is 0. The van der Waals surface area contributed by atoms with Crippen molar-refractivity contribution in [1.82, 2.24) is 14.9 Å². The van der Waals surface area contributed by atoms with Crippen molar-refractivity contribution in [2.75, 3.05) is 46.2 Å². The molecule has 250 valence electrons. The van der Waals surface area contributed by atoms with Crippen LogP contribution in [0.25, 0.3) is 0 Å².